The average Bonchev–Trinajstić information content (AvgIpc) is 2.69. The van der Waals surface area contributed by atoms with Gasteiger partial charge in [0.25, 0.3) is 0 Å². The van der Waals surface area contributed by atoms with Crippen LogP contribution in [0.25, 0.3) is 0 Å². The number of ether oxygens (including phenoxy) is 1. The Morgan fingerprint density at radius 3 is 2.53 bits per heavy atom. The summed E-state index contributed by atoms with van der Waals surface area (Å²) in [6, 6.07) is 0. The Labute approximate surface area is 128 Å². The summed E-state index contributed by atoms with van der Waals surface area (Å²) in [5, 5.41) is 8.89. The summed E-state index contributed by atoms with van der Waals surface area (Å²) in [7, 11) is 0. The zero-order valence-corrected chi connectivity index (χ0v) is 12.2. The molecule has 0 fully saturated rings. The fraction of sp³-hybridized carbons (Fsp3) is 0.545. The van der Waals surface area contributed by atoms with Crippen LogP contribution in [-0.2, 0) is 17.8 Å². The van der Waals surface area contributed by atoms with E-state index < -0.39 is 17.7 Å². The molecule has 0 aliphatic carbocycles. The number of thiazole rings is 1. The number of aromatic carboxylic acids is 1. The van der Waals surface area contributed by atoms with Gasteiger partial charge in [0.15, 0.2) is 0 Å². The van der Waals surface area contributed by atoms with E-state index >= 15 is 0 Å². The van der Waals surface area contributed by atoms with Crippen LogP contribution in [0.15, 0.2) is 0 Å². The molecule has 0 atom stereocenters. The van der Waals surface area contributed by atoms with Gasteiger partial charge in [-0.2, -0.15) is 0 Å². The summed E-state index contributed by atoms with van der Waals surface area (Å²) in [5.41, 5.74) is 0.121. The van der Waals surface area contributed by atoms with Crippen molar-refractivity contribution in [3.8, 4) is 0 Å². The second-order valence-electron chi connectivity index (χ2n) is 5.03. The molecular formula is C11H15LiN2O4S. The first-order valence-electron chi connectivity index (χ1n) is 5.46. The molecule has 8 heteroatoms. The largest absolute Gasteiger partial charge is 1.00 e. The Hall–Kier alpha value is -1.03. The quantitative estimate of drug-likeness (QED) is 0.681. The molecule has 2 heterocycles. The zero-order valence-electron chi connectivity index (χ0n) is 12.4. The molecule has 2 rings (SSSR count). The molecule has 1 aliphatic rings. The predicted octanol–water partition coefficient (Wildman–Crippen LogP) is -0.791. The van der Waals surface area contributed by atoms with Crippen LogP contribution in [0.5, 0.6) is 0 Å². The number of carboxylic acid groups (broad SMARTS) is 1. The van der Waals surface area contributed by atoms with E-state index in [0.717, 1.165) is 16.2 Å². The minimum absolute atomic E-state index is 0. The molecule has 1 amide bonds. The number of amides is 1. The molecule has 0 aromatic carbocycles. The summed E-state index contributed by atoms with van der Waals surface area (Å²) in [4.78, 5) is 28.9. The molecule has 19 heavy (non-hydrogen) atoms. The van der Waals surface area contributed by atoms with Gasteiger partial charge in [0.1, 0.15) is 5.60 Å². The molecule has 1 N–H and O–H groups in total. The summed E-state index contributed by atoms with van der Waals surface area (Å²) in [5.74, 6) is -1.03. The predicted molar refractivity (Wildman–Crippen MR) is 65.7 cm³/mol. The van der Waals surface area contributed by atoms with Crippen LogP contribution in [0, 0.1) is 0 Å². The first kappa shape index (κ1) is 16.0. The minimum Gasteiger partial charge on any atom is -1.00 e. The standard InChI is InChI=1S/C11H14N2O4S.Li.H/c1-11(2,3)17-10(16)13-4-6-7(5-13)18-8(12-6)9(14)15;;/h4-5H2,1-3H3,(H,14,15);;/q;+1;-1. The van der Waals surface area contributed by atoms with Crippen LogP contribution in [0.2, 0.25) is 0 Å². The summed E-state index contributed by atoms with van der Waals surface area (Å²) >= 11 is 1.11. The maximum absolute atomic E-state index is 11.8. The van der Waals surface area contributed by atoms with E-state index in [0.29, 0.717) is 18.8 Å². The molecule has 0 unspecified atom stereocenters. The van der Waals surface area contributed by atoms with Crippen molar-refractivity contribution in [2.45, 2.75) is 39.5 Å². The smallest absolute Gasteiger partial charge is 1.00 e. The van der Waals surface area contributed by atoms with Crippen molar-refractivity contribution in [1.29, 1.82) is 0 Å². The van der Waals surface area contributed by atoms with Crippen molar-refractivity contribution in [2.75, 3.05) is 0 Å². The van der Waals surface area contributed by atoms with E-state index in [9.17, 15) is 9.59 Å². The van der Waals surface area contributed by atoms with E-state index in [2.05, 4.69) is 4.98 Å². The molecule has 0 spiro atoms. The number of carbonyl (C=O) groups excluding carboxylic acids is 1. The van der Waals surface area contributed by atoms with Gasteiger partial charge in [0.05, 0.1) is 18.8 Å². The van der Waals surface area contributed by atoms with E-state index in [-0.39, 0.29) is 25.3 Å². The van der Waals surface area contributed by atoms with Crippen molar-refractivity contribution >= 4 is 23.4 Å². The molecule has 6 nitrogen and oxygen atoms in total. The number of hydrogen-bond acceptors (Lipinski definition) is 5. The monoisotopic (exact) mass is 278 g/mol. The van der Waals surface area contributed by atoms with Gasteiger partial charge in [-0.3, -0.25) is 4.90 Å². The molecular weight excluding hydrogens is 263 g/mol. The molecule has 0 saturated heterocycles. The zero-order chi connectivity index (χ0) is 13.5. The van der Waals surface area contributed by atoms with Crippen molar-refractivity contribution in [3.63, 3.8) is 0 Å². The number of hydrogen-bond donors (Lipinski definition) is 1. The van der Waals surface area contributed by atoms with E-state index in [1.807, 2.05) is 0 Å². The average molecular weight is 278 g/mol. The van der Waals surface area contributed by atoms with Gasteiger partial charge in [-0.1, -0.05) is 0 Å². The maximum atomic E-state index is 11.8. The third-order valence-corrected chi connectivity index (χ3v) is 3.36. The van der Waals surface area contributed by atoms with Gasteiger partial charge in [-0.15, -0.1) is 11.3 Å². The summed E-state index contributed by atoms with van der Waals surface area (Å²) in [6.45, 7) is 6.09. The van der Waals surface area contributed by atoms with Gasteiger partial charge in [-0.25, -0.2) is 14.6 Å². The van der Waals surface area contributed by atoms with Gasteiger partial charge < -0.3 is 11.3 Å². The number of carboxylic acids is 1. The Balaban J connectivity index is 0.00000180. The third-order valence-electron chi connectivity index (χ3n) is 2.29. The van der Waals surface area contributed by atoms with Gasteiger partial charge in [0, 0.05) is 4.88 Å². The van der Waals surface area contributed by atoms with Gasteiger partial charge in [0.2, 0.25) is 5.01 Å². The SMILES string of the molecule is CC(C)(C)OC(=O)N1Cc2nc(C(=O)O)sc2C1.[H-].[Li+]. The fourth-order valence-electron chi connectivity index (χ4n) is 1.59. The molecule has 1 aromatic rings. The Morgan fingerprint density at radius 2 is 2.05 bits per heavy atom. The second-order valence-corrected chi connectivity index (χ2v) is 6.11. The molecule has 100 valence electrons. The fourth-order valence-corrected chi connectivity index (χ4v) is 2.51. The first-order chi connectivity index (χ1) is 8.26. The van der Waals surface area contributed by atoms with Gasteiger partial charge in [-0.05, 0) is 20.8 Å². The van der Waals surface area contributed by atoms with E-state index in [1.165, 1.54) is 4.90 Å². The Bertz CT molecular complexity index is 492. The maximum Gasteiger partial charge on any atom is 1.00 e. The second kappa shape index (κ2) is 5.53. The minimum atomic E-state index is -1.03. The topological polar surface area (TPSA) is 79.7 Å². The molecule has 0 saturated carbocycles. The third kappa shape index (κ3) is 3.72. The molecule has 0 radical (unpaired) electrons. The van der Waals surface area contributed by atoms with Crippen molar-refractivity contribution < 1.29 is 39.7 Å². The van der Waals surface area contributed by atoms with Crippen LogP contribution in [0.3, 0.4) is 0 Å². The Morgan fingerprint density at radius 1 is 1.42 bits per heavy atom. The van der Waals surface area contributed by atoms with E-state index in [4.69, 9.17) is 9.84 Å². The van der Waals surface area contributed by atoms with Gasteiger partial charge >= 0.3 is 30.9 Å². The number of fused-ring (bicyclic) bond motifs is 1. The van der Waals surface area contributed by atoms with Crippen molar-refractivity contribution in [3.05, 3.63) is 15.6 Å². The van der Waals surface area contributed by atoms with Crippen LogP contribution in [0.1, 0.15) is 42.6 Å². The number of aromatic nitrogens is 1. The molecule has 1 aliphatic heterocycles. The normalized spacial score (nSPS) is 13.7. The first-order valence-corrected chi connectivity index (χ1v) is 6.28. The van der Waals surface area contributed by atoms with Crippen LogP contribution in [0.4, 0.5) is 4.79 Å². The number of nitrogens with zero attached hydrogens (tertiary/aromatic N) is 2. The van der Waals surface area contributed by atoms with E-state index in [1.54, 1.807) is 20.8 Å². The Kier molecular flexibility index (Phi) is 4.66. The summed E-state index contributed by atoms with van der Waals surface area (Å²) in [6.07, 6.45) is -0.399. The van der Waals surface area contributed by atoms with Crippen LogP contribution in [-0.4, -0.2) is 32.7 Å². The molecule has 0 bridgehead atoms. The molecule has 1 aromatic heterocycles. The van der Waals surface area contributed by atoms with Crippen LogP contribution >= 0.6 is 11.3 Å². The van der Waals surface area contributed by atoms with Crippen molar-refractivity contribution in [1.82, 2.24) is 9.88 Å². The number of rotatable bonds is 1. The van der Waals surface area contributed by atoms with Crippen molar-refractivity contribution in [2.24, 2.45) is 0 Å². The van der Waals surface area contributed by atoms with Crippen LogP contribution < -0.4 is 18.9 Å². The number of carbonyl (C=O) groups is 2. The summed E-state index contributed by atoms with van der Waals surface area (Å²) < 4.78 is 5.25.